The molecule has 0 radical (unpaired) electrons. The lowest BCUT2D eigenvalue weighted by Crippen LogP contribution is -2.02. The largest absolute Gasteiger partial charge is 0.481 e. The van der Waals surface area contributed by atoms with Crippen molar-refractivity contribution in [3.8, 4) is 0 Å². The molecule has 1 N–H and O–H groups in total. The summed E-state index contributed by atoms with van der Waals surface area (Å²) in [5, 5.41) is 8.41. The van der Waals surface area contributed by atoms with E-state index in [1.807, 2.05) is 0 Å². The van der Waals surface area contributed by atoms with E-state index in [4.69, 9.17) is 5.11 Å². The van der Waals surface area contributed by atoms with Gasteiger partial charge in [0.15, 0.2) is 11.6 Å². The molecule has 0 bridgehead atoms. The highest BCUT2D eigenvalue weighted by Crippen LogP contribution is 2.20. The number of halogens is 3. The summed E-state index contributed by atoms with van der Waals surface area (Å²) >= 11 is 2.94. The minimum atomic E-state index is -1.09. The molecular formula is C8H5BrF2O2. The standard InChI is InChI=1S/C8H5BrF2O2/c9-5-3-7(11)6(10)1-4(5)2-8(12)13/h1,3H,2H2,(H,12,13). The second-order valence-electron chi connectivity index (χ2n) is 2.43. The average molecular weight is 251 g/mol. The second-order valence-corrected chi connectivity index (χ2v) is 3.28. The Morgan fingerprint density at radius 1 is 1.38 bits per heavy atom. The van der Waals surface area contributed by atoms with Crippen LogP contribution in [0, 0.1) is 11.6 Å². The molecule has 0 unspecified atom stereocenters. The van der Waals surface area contributed by atoms with Crippen LogP contribution in [-0.4, -0.2) is 11.1 Å². The lowest BCUT2D eigenvalue weighted by molar-refractivity contribution is -0.136. The van der Waals surface area contributed by atoms with Crippen molar-refractivity contribution in [2.75, 3.05) is 0 Å². The number of carboxylic acids is 1. The van der Waals surface area contributed by atoms with Crippen molar-refractivity contribution in [1.29, 1.82) is 0 Å². The molecule has 13 heavy (non-hydrogen) atoms. The van der Waals surface area contributed by atoms with E-state index in [1.54, 1.807) is 0 Å². The molecule has 0 saturated heterocycles. The van der Waals surface area contributed by atoms with Gasteiger partial charge in [0.05, 0.1) is 6.42 Å². The van der Waals surface area contributed by atoms with Crippen LogP contribution >= 0.6 is 15.9 Å². The zero-order valence-corrected chi connectivity index (χ0v) is 7.94. The fourth-order valence-corrected chi connectivity index (χ4v) is 1.32. The molecule has 0 fully saturated rings. The topological polar surface area (TPSA) is 37.3 Å². The first kappa shape index (κ1) is 10.1. The smallest absolute Gasteiger partial charge is 0.307 e. The molecular weight excluding hydrogens is 246 g/mol. The van der Waals surface area contributed by atoms with Gasteiger partial charge < -0.3 is 5.11 Å². The van der Waals surface area contributed by atoms with Crippen LogP contribution in [0.25, 0.3) is 0 Å². The van der Waals surface area contributed by atoms with Gasteiger partial charge in [0.1, 0.15) is 0 Å². The lowest BCUT2D eigenvalue weighted by atomic mass is 10.1. The maximum atomic E-state index is 12.6. The van der Waals surface area contributed by atoms with E-state index in [-0.39, 0.29) is 16.5 Å². The quantitative estimate of drug-likeness (QED) is 0.819. The molecule has 0 spiro atoms. The minimum absolute atomic E-state index is 0.214. The Balaban J connectivity index is 3.08. The van der Waals surface area contributed by atoms with Crippen molar-refractivity contribution >= 4 is 21.9 Å². The number of rotatable bonds is 2. The summed E-state index contributed by atoms with van der Waals surface area (Å²) < 4.78 is 25.4. The Kier molecular flexibility index (Phi) is 2.98. The first-order chi connectivity index (χ1) is 6.00. The zero-order valence-electron chi connectivity index (χ0n) is 6.35. The van der Waals surface area contributed by atoms with Crippen LogP contribution in [0.5, 0.6) is 0 Å². The van der Waals surface area contributed by atoms with E-state index >= 15 is 0 Å². The zero-order chi connectivity index (χ0) is 10.0. The second kappa shape index (κ2) is 3.83. The van der Waals surface area contributed by atoms with Gasteiger partial charge in [0.2, 0.25) is 0 Å². The van der Waals surface area contributed by atoms with Crippen molar-refractivity contribution < 1.29 is 18.7 Å². The van der Waals surface area contributed by atoms with Gasteiger partial charge in [0.25, 0.3) is 0 Å². The third kappa shape index (κ3) is 2.48. The number of hydrogen-bond donors (Lipinski definition) is 1. The maximum Gasteiger partial charge on any atom is 0.307 e. The molecule has 1 aromatic rings. The Hall–Kier alpha value is -0.970. The third-order valence-electron chi connectivity index (χ3n) is 1.43. The first-order valence-corrected chi connectivity index (χ1v) is 4.15. The number of aliphatic carboxylic acids is 1. The van der Waals surface area contributed by atoms with E-state index in [0.717, 1.165) is 12.1 Å². The van der Waals surface area contributed by atoms with Gasteiger partial charge in [0, 0.05) is 4.47 Å². The van der Waals surface area contributed by atoms with Crippen LogP contribution in [0.4, 0.5) is 8.78 Å². The molecule has 0 atom stereocenters. The molecule has 0 aromatic heterocycles. The summed E-state index contributed by atoms with van der Waals surface area (Å²) in [5.74, 6) is -3.13. The van der Waals surface area contributed by atoms with Gasteiger partial charge in [-0.2, -0.15) is 0 Å². The molecule has 0 aliphatic heterocycles. The Bertz CT molecular complexity index is 352. The molecule has 0 aliphatic rings. The van der Waals surface area contributed by atoms with Crippen LogP contribution in [0.1, 0.15) is 5.56 Å². The lowest BCUT2D eigenvalue weighted by Gasteiger charge is -2.01. The van der Waals surface area contributed by atoms with Crippen LogP contribution < -0.4 is 0 Å². The SMILES string of the molecule is O=C(O)Cc1cc(F)c(F)cc1Br. The number of hydrogen-bond acceptors (Lipinski definition) is 1. The van der Waals surface area contributed by atoms with Gasteiger partial charge in [-0.05, 0) is 17.7 Å². The Morgan fingerprint density at radius 2 is 1.92 bits per heavy atom. The van der Waals surface area contributed by atoms with Crippen molar-refractivity contribution in [2.24, 2.45) is 0 Å². The molecule has 0 saturated carbocycles. The summed E-state index contributed by atoms with van der Waals surface area (Å²) in [6.07, 6.45) is -0.336. The molecule has 0 amide bonds. The van der Waals surface area contributed by atoms with E-state index in [9.17, 15) is 13.6 Å². The van der Waals surface area contributed by atoms with Gasteiger partial charge in [-0.3, -0.25) is 4.79 Å². The fourth-order valence-electron chi connectivity index (χ4n) is 0.862. The summed E-state index contributed by atoms with van der Waals surface area (Å²) in [6, 6.07) is 1.78. The number of benzene rings is 1. The van der Waals surface area contributed by atoms with Gasteiger partial charge in [-0.25, -0.2) is 8.78 Å². The molecule has 1 rings (SSSR count). The average Bonchev–Trinajstić information content (AvgIpc) is 1.99. The van der Waals surface area contributed by atoms with Gasteiger partial charge in [-0.15, -0.1) is 0 Å². The Morgan fingerprint density at radius 3 is 2.46 bits per heavy atom. The minimum Gasteiger partial charge on any atom is -0.481 e. The molecule has 1 aromatic carbocycles. The summed E-state index contributed by atoms with van der Waals surface area (Å²) in [6.45, 7) is 0. The first-order valence-electron chi connectivity index (χ1n) is 3.36. The number of carbonyl (C=O) groups is 1. The van der Waals surface area contributed by atoms with Gasteiger partial charge in [-0.1, -0.05) is 15.9 Å². The van der Waals surface area contributed by atoms with Crippen LogP contribution in [0.2, 0.25) is 0 Å². The van der Waals surface area contributed by atoms with E-state index in [1.165, 1.54) is 0 Å². The monoisotopic (exact) mass is 250 g/mol. The maximum absolute atomic E-state index is 12.6. The van der Waals surface area contributed by atoms with Crippen molar-refractivity contribution in [3.05, 3.63) is 33.8 Å². The predicted octanol–water partition coefficient (Wildman–Crippen LogP) is 2.35. The van der Waals surface area contributed by atoms with Crippen LogP contribution in [0.3, 0.4) is 0 Å². The predicted molar refractivity (Wildman–Crippen MR) is 45.4 cm³/mol. The van der Waals surface area contributed by atoms with E-state index in [0.29, 0.717) is 0 Å². The van der Waals surface area contributed by atoms with Crippen LogP contribution in [0.15, 0.2) is 16.6 Å². The highest BCUT2D eigenvalue weighted by Gasteiger charge is 2.10. The van der Waals surface area contributed by atoms with Gasteiger partial charge >= 0.3 is 5.97 Å². The summed E-state index contributed by atoms with van der Waals surface area (Å²) in [5.41, 5.74) is 0.214. The highest BCUT2D eigenvalue weighted by molar-refractivity contribution is 9.10. The molecule has 0 heterocycles. The van der Waals surface area contributed by atoms with Crippen LogP contribution in [-0.2, 0) is 11.2 Å². The summed E-state index contributed by atoms with van der Waals surface area (Å²) in [7, 11) is 0. The normalized spacial score (nSPS) is 10.1. The summed E-state index contributed by atoms with van der Waals surface area (Å²) in [4.78, 5) is 10.3. The molecule has 5 heteroatoms. The fraction of sp³-hybridized carbons (Fsp3) is 0.125. The molecule has 2 nitrogen and oxygen atoms in total. The van der Waals surface area contributed by atoms with Crippen molar-refractivity contribution in [2.45, 2.75) is 6.42 Å². The Labute approximate surface area is 81.3 Å². The van der Waals surface area contributed by atoms with Crippen molar-refractivity contribution in [1.82, 2.24) is 0 Å². The van der Waals surface area contributed by atoms with Crippen molar-refractivity contribution in [3.63, 3.8) is 0 Å². The molecule has 0 aliphatic carbocycles. The van der Waals surface area contributed by atoms with E-state index in [2.05, 4.69) is 15.9 Å². The highest BCUT2D eigenvalue weighted by atomic mass is 79.9. The van der Waals surface area contributed by atoms with E-state index < -0.39 is 17.6 Å². The third-order valence-corrected chi connectivity index (χ3v) is 2.17. The molecule has 70 valence electrons. The number of carboxylic acid groups (broad SMARTS) is 1.